The Labute approximate surface area is 151 Å². The molecule has 134 valence electrons. The predicted octanol–water partition coefficient (Wildman–Crippen LogP) is 3.08. The highest BCUT2D eigenvalue weighted by molar-refractivity contribution is 7.10. The highest BCUT2D eigenvalue weighted by atomic mass is 32.1. The van der Waals surface area contributed by atoms with Gasteiger partial charge in [0.05, 0.1) is 12.7 Å². The van der Waals surface area contributed by atoms with Crippen molar-refractivity contribution in [3.8, 4) is 5.75 Å². The summed E-state index contributed by atoms with van der Waals surface area (Å²) in [5.41, 5.74) is 0. The zero-order chi connectivity index (χ0) is 17.5. The van der Waals surface area contributed by atoms with Crippen molar-refractivity contribution in [1.29, 1.82) is 0 Å². The van der Waals surface area contributed by atoms with Gasteiger partial charge in [0.25, 0.3) is 0 Å². The lowest BCUT2D eigenvalue weighted by Crippen LogP contribution is -2.47. The molecule has 0 aromatic carbocycles. The topological polar surface area (TPSA) is 63.7 Å². The van der Waals surface area contributed by atoms with E-state index in [0.717, 1.165) is 23.5 Å². The van der Waals surface area contributed by atoms with Crippen molar-refractivity contribution in [2.24, 2.45) is 0 Å². The van der Waals surface area contributed by atoms with E-state index in [1.54, 1.807) is 30.8 Å². The van der Waals surface area contributed by atoms with Crippen LogP contribution in [0, 0.1) is 0 Å². The first-order valence-electron chi connectivity index (χ1n) is 8.42. The second-order valence-electron chi connectivity index (χ2n) is 5.92. The highest BCUT2D eigenvalue weighted by Gasteiger charge is 2.24. The number of carbonyl (C=O) groups excluding carboxylic acids is 1. The van der Waals surface area contributed by atoms with E-state index in [4.69, 9.17) is 9.47 Å². The van der Waals surface area contributed by atoms with Gasteiger partial charge in [0.2, 0.25) is 0 Å². The van der Waals surface area contributed by atoms with Crippen LogP contribution in [0.1, 0.15) is 23.8 Å². The molecular weight excluding hydrogens is 338 g/mol. The molecule has 6 nitrogen and oxygen atoms in total. The number of urea groups is 1. The van der Waals surface area contributed by atoms with Gasteiger partial charge in [-0.1, -0.05) is 6.07 Å². The molecule has 1 aliphatic rings. The number of methoxy groups -OCH3 is 1. The van der Waals surface area contributed by atoms with Crippen LogP contribution in [-0.4, -0.2) is 48.8 Å². The predicted molar refractivity (Wildman–Crippen MR) is 96.9 cm³/mol. The SMILES string of the molecule is CO[C@@H](CNC(=O)N1CCC(Oc2cccnc2)CC1)c1cccs1. The molecule has 7 heteroatoms. The summed E-state index contributed by atoms with van der Waals surface area (Å²) in [5, 5.41) is 4.98. The Morgan fingerprint density at radius 2 is 2.24 bits per heavy atom. The molecule has 1 saturated heterocycles. The number of ether oxygens (including phenoxy) is 2. The fourth-order valence-corrected chi connectivity index (χ4v) is 3.66. The number of nitrogens with one attached hydrogen (secondary N) is 1. The number of hydrogen-bond acceptors (Lipinski definition) is 5. The van der Waals surface area contributed by atoms with Crippen molar-refractivity contribution in [3.63, 3.8) is 0 Å². The third-order valence-corrected chi connectivity index (χ3v) is 5.21. The van der Waals surface area contributed by atoms with Crippen molar-refractivity contribution in [2.75, 3.05) is 26.7 Å². The Balaban J connectivity index is 1.42. The fourth-order valence-electron chi connectivity index (χ4n) is 2.85. The molecule has 1 N–H and O–H groups in total. The number of hydrogen-bond donors (Lipinski definition) is 1. The molecule has 0 unspecified atom stereocenters. The van der Waals surface area contributed by atoms with E-state index in [1.807, 2.05) is 34.5 Å². The van der Waals surface area contributed by atoms with Crippen LogP contribution in [0.15, 0.2) is 42.0 Å². The molecule has 1 atom stereocenters. The number of pyridine rings is 1. The minimum absolute atomic E-state index is 0.0431. The van der Waals surface area contributed by atoms with Crippen molar-refractivity contribution < 1.29 is 14.3 Å². The van der Waals surface area contributed by atoms with Gasteiger partial charge in [-0.3, -0.25) is 4.98 Å². The van der Waals surface area contributed by atoms with E-state index in [0.29, 0.717) is 19.6 Å². The van der Waals surface area contributed by atoms with Crippen molar-refractivity contribution in [1.82, 2.24) is 15.2 Å². The van der Waals surface area contributed by atoms with E-state index in [2.05, 4.69) is 10.3 Å². The van der Waals surface area contributed by atoms with Crippen LogP contribution in [0.4, 0.5) is 4.79 Å². The van der Waals surface area contributed by atoms with Crippen molar-refractivity contribution in [2.45, 2.75) is 25.0 Å². The van der Waals surface area contributed by atoms with Crippen LogP contribution in [0.5, 0.6) is 5.75 Å². The summed E-state index contributed by atoms with van der Waals surface area (Å²) in [7, 11) is 1.66. The van der Waals surface area contributed by atoms with Gasteiger partial charge in [0.1, 0.15) is 18.0 Å². The minimum atomic E-state index is -0.101. The third kappa shape index (κ3) is 4.93. The minimum Gasteiger partial charge on any atom is -0.489 e. The Bertz CT molecular complexity index is 643. The number of rotatable bonds is 6. The molecule has 3 rings (SSSR count). The lowest BCUT2D eigenvalue weighted by molar-refractivity contribution is 0.0947. The second kappa shape index (κ2) is 8.82. The van der Waals surface area contributed by atoms with Gasteiger partial charge in [-0.25, -0.2) is 4.79 Å². The van der Waals surface area contributed by atoms with Gasteiger partial charge in [-0.2, -0.15) is 0 Å². The molecule has 2 amide bonds. The Morgan fingerprint density at radius 3 is 2.88 bits per heavy atom. The van der Waals surface area contributed by atoms with E-state index < -0.39 is 0 Å². The third-order valence-electron chi connectivity index (χ3n) is 4.25. The van der Waals surface area contributed by atoms with Crippen LogP contribution < -0.4 is 10.1 Å². The summed E-state index contributed by atoms with van der Waals surface area (Å²) in [6, 6.07) is 7.73. The van der Waals surface area contributed by atoms with Gasteiger partial charge in [0.15, 0.2) is 0 Å². The molecule has 0 aliphatic carbocycles. The largest absolute Gasteiger partial charge is 0.489 e. The molecule has 1 aliphatic heterocycles. The number of amides is 2. The average molecular weight is 361 g/mol. The molecule has 25 heavy (non-hydrogen) atoms. The molecule has 0 bridgehead atoms. The van der Waals surface area contributed by atoms with Gasteiger partial charge in [-0.15, -0.1) is 11.3 Å². The van der Waals surface area contributed by atoms with E-state index in [1.165, 1.54) is 0 Å². The van der Waals surface area contributed by atoms with Crippen LogP contribution in [-0.2, 0) is 4.74 Å². The highest BCUT2D eigenvalue weighted by Crippen LogP contribution is 2.21. The lowest BCUT2D eigenvalue weighted by Gasteiger charge is -2.32. The van der Waals surface area contributed by atoms with E-state index >= 15 is 0 Å². The maximum atomic E-state index is 12.4. The number of nitrogens with zero attached hydrogens (tertiary/aromatic N) is 2. The summed E-state index contributed by atoms with van der Waals surface area (Å²) >= 11 is 1.63. The molecule has 0 saturated carbocycles. The van der Waals surface area contributed by atoms with Crippen LogP contribution >= 0.6 is 11.3 Å². The normalized spacial score (nSPS) is 16.4. The number of carbonyl (C=O) groups is 1. The first kappa shape index (κ1) is 17.7. The smallest absolute Gasteiger partial charge is 0.317 e. The maximum absolute atomic E-state index is 12.4. The van der Waals surface area contributed by atoms with Crippen molar-refractivity contribution in [3.05, 3.63) is 46.9 Å². The van der Waals surface area contributed by atoms with Crippen LogP contribution in [0.25, 0.3) is 0 Å². The van der Waals surface area contributed by atoms with Gasteiger partial charge >= 0.3 is 6.03 Å². The second-order valence-corrected chi connectivity index (χ2v) is 6.90. The number of thiophene rings is 1. The first-order valence-corrected chi connectivity index (χ1v) is 9.30. The maximum Gasteiger partial charge on any atom is 0.317 e. The van der Waals surface area contributed by atoms with Crippen LogP contribution in [0.3, 0.4) is 0 Å². The van der Waals surface area contributed by atoms with Crippen molar-refractivity contribution >= 4 is 17.4 Å². The fraction of sp³-hybridized carbons (Fsp3) is 0.444. The molecule has 2 aromatic rings. The van der Waals surface area contributed by atoms with E-state index in [-0.39, 0.29) is 18.2 Å². The molecular formula is C18H23N3O3S. The van der Waals surface area contributed by atoms with Gasteiger partial charge in [-0.05, 0) is 23.6 Å². The standard InChI is InChI=1S/C18H23N3O3S/c1-23-16(17-5-3-11-25-17)13-20-18(22)21-9-6-14(7-10-21)24-15-4-2-8-19-12-15/h2-5,8,11-12,14,16H,6-7,9-10,13H2,1H3,(H,20,22)/t16-/m0/s1. The zero-order valence-corrected chi connectivity index (χ0v) is 15.1. The Morgan fingerprint density at radius 1 is 1.40 bits per heavy atom. The number of piperidine rings is 1. The molecule has 1 fully saturated rings. The summed E-state index contributed by atoms with van der Waals surface area (Å²) in [5.74, 6) is 0.782. The van der Waals surface area contributed by atoms with Gasteiger partial charge in [0, 0.05) is 44.1 Å². The van der Waals surface area contributed by atoms with Gasteiger partial charge < -0.3 is 19.7 Å². The molecule has 2 aromatic heterocycles. The Kier molecular flexibility index (Phi) is 6.25. The number of aromatic nitrogens is 1. The average Bonchev–Trinajstić information content (AvgIpc) is 3.18. The molecule has 3 heterocycles. The first-order chi connectivity index (χ1) is 12.3. The monoisotopic (exact) mass is 361 g/mol. The zero-order valence-electron chi connectivity index (χ0n) is 14.3. The summed E-state index contributed by atoms with van der Waals surface area (Å²) in [6.07, 6.45) is 5.11. The summed E-state index contributed by atoms with van der Waals surface area (Å²) < 4.78 is 11.4. The quantitative estimate of drug-likeness (QED) is 0.859. The summed E-state index contributed by atoms with van der Waals surface area (Å²) in [6.45, 7) is 1.85. The van der Waals surface area contributed by atoms with E-state index in [9.17, 15) is 4.79 Å². The molecule has 0 radical (unpaired) electrons. The molecule has 0 spiro atoms. The Hall–Kier alpha value is -2.12. The van der Waals surface area contributed by atoms with Crippen LogP contribution in [0.2, 0.25) is 0 Å². The summed E-state index contributed by atoms with van der Waals surface area (Å²) in [4.78, 5) is 19.4. The number of likely N-dealkylation sites (tertiary alicyclic amines) is 1. The lowest BCUT2D eigenvalue weighted by atomic mass is 10.1.